The van der Waals surface area contributed by atoms with E-state index in [1.165, 1.54) is 28.0 Å². The number of ether oxygens (including phenoxy) is 1. The third-order valence-electron chi connectivity index (χ3n) is 3.79. The topological polar surface area (TPSA) is 92.1 Å². The lowest BCUT2D eigenvalue weighted by molar-refractivity contribution is -0.144. The van der Waals surface area contributed by atoms with Crippen molar-refractivity contribution in [3.63, 3.8) is 0 Å². The monoisotopic (exact) mass is 407 g/mol. The maximum absolute atomic E-state index is 12.0. The van der Waals surface area contributed by atoms with Crippen molar-refractivity contribution in [3.05, 3.63) is 32.1 Å². The molecule has 2 aromatic heterocycles. The SMILES string of the molecule is Cc1nc(CSCC(=O)OCC(=O)Nc2sc3c(c2C#N)CCC3)cs1. The van der Waals surface area contributed by atoms with Crippen LogP contribution in [0.2, 0.25) is 0 Å². The number of amides is 1. The predicted octanol–water partition coefficient (Wildman–Crippen LogP) is 3.29. The van der Waals surface area contributed by atoms with Gasteiger partial charge >= 0.3 is 5.97 Å². The number of thiazole rings is 1. The highest BCUT2D eigenvalue weighted by Gasteiger charge is 2.23. The first-order valence-electron chi connectivity index (χ1n) is 8.05. The maximum Gasteiger partial charge on any atom is 0.316 e. The van der Waals surface area contributed by atoms with Gasteiger partial charge < -0.3 is 10.1 Å². The summed E-state index contributed by atoms with van der Waals surface area (Å²) < 4.78 is 5.00. The Kier molecular flexibility index (Phi) is 6.29. The number of rotatable bonds is 7. The Morgan fingerprint density at radius 1 is 1.46 bits per heavy atom. The van der Waals surface area contributed by atoms with Gasteiger partial charge in [0.2, 0.25) is 0 Å². The Morgan fingerprint density at radius 3 is 3.04 bits per heavy atom. The zero-order chi connectivity index (χ0) is 18.5. The number of carbonyl (C=O) groups excluding carboxylic acids is 2. The summed E-state index contributed by atoms with van der Waals surface area (Å²) in [5, 5.41) is 15.5. The molecule has 136 valence electrons. The summed E-state index contributed by atoms with van der Waals surface area (Å²) in [6.07, 6.45) is 2.89. The molecule has 1 aliphatic rings. The average Bonchev–Trinajstić information content (AvgIpc) is 3.29. The van der Waals surface area contributed by atoms with Crippen LogP contribution in [0.15, 0.2) is 5.38 Å². The number of thiophene rings is 1. The van der Waals surface area contributed by atoms with Gasteiger partial charge in [-0.2, -0.15) is 5.26 Å². The fourth-order valence-electron chi connectivity index (χ4n) is 2.67. The molecule has 2 heterocycles. The Hall–Kier alpha value is -1.89. The van der Waals surface area contributed by atoms with Crippen molar-refractivity contribution in [2.45, 2.75) is 31.9 Å². The van der Waals surface area contributed by atoms with Gasteiger partial charge in [-0.3, -0.25) is 9.59 Å². The summed E-state index contributed by atoms with van der Waals surface area (Å²) in [7, 11) is 0. The molecule has 0 fully saturated rings. The summed E-state index contributed by atoms with van der Waals surface area (Å²) in [5.74, 6) is -0.0559. The predicted molar refractivity (Wildman–Crippen MR) is 104 cm³/mol. The molecule has 0 bridgehead atoms. The molecular weight excluding hydrogens is 390 g/mol. The number of anilines is 1. The molecule has 0 radical (unpaired) electrons. The molecule has 0 aromatic carbocycles. The molecular formula is C17H17N3O3S3. The number of nitriles is 1. The number of fused-ring (bicyclic) bond motifs is 1. The van der Waals surface area contributed by atoms with Crippen LogP contribution in [0.25, 0.3) is 0 Å². The van der Waals surface area contributed by atoms with Crippen LogP contribution in [0.1, 0.15) is 33.1 Å². The molecule has 26 heavy (non-hydrogen) atoms. The van der Waals surface area contributed by atoms with E-state index < -0.39 is 11.9 Å². The van der Waals surface area contributed by atoms with E-state index in [-0.39, 0.29) is 12.4 Å². The molecule has 0 saturated carbocycles. The largest absolute Gasteiger partial charge is 0.455 e. The first-order valence-corrected chi connectivity index (χ1v) is 10.9. The number of esters is 1. The summed E-state index contributed by atoms with van der Waals surface area (Å²) in [6, 6.07) is 2.17. The van der Waals surface area contributed by atoms with E-state index in [0.29, 0.717) is 16.3 Å². The van der Waals surface area contributed by atoms with Gasteiger partial charge in [-0.1, -0.05) is 0 Å². The Labute approximate surface area is 163 Å². The molecule has 0 unspecified atom stereocenters. The van der Waals surface area contributed by atoms with Gasteiger partial charge in [0.1, 0.15) is 11.1 Å². The van der Waals surface area contributed by atoms with Crippen molar-refractivity contribution in [3.8, 4) is 6.07 Å². The summed E-state index contributed by atoms with van der Waals surface area (Å²) in [5.41, 5.74) is 2.55. The van der Waals surface area contributed by atoms with E-state index in [1.807, 2.05) is 12.3 Å². The van der Waals surface area contributed by atoms with E-state index >= 15 is 0 Å². The number of thioether (sulfide) groups is 1. The van der Waals surface area contributed by atoms with Crippen molar-refractivity contribution < 1.29 is 14.3 Å². The number of hydrogen-bond acceptors (Lipinski definition) is 8. The van der Waals surface area contributed by atoms with E-state index in [1.54, 1.807) is 11.3 Å². The summed E-state index contributed by atoms with van der Waals surface area (Å²) in [6.45, 7) is 1.59. The second kappa shape index (κ2) is 8.66. The number of aromatic nitrogens is 1. The van der Waals surface area contributed by atoms with Gasteiger partial charge in [-0.15, -0.1) is 34.4 Å². The summed E-state index contributed by atoms with van der Waals surface area (Å²) in [4.78, 5) is 29.2. The molecule has 0 atom stereocenters. The van der Waals surface area contributed by atoms with E-state index in [2.05, 4.69) is 16.4 Å². The minimum atomic E-state index is -0.439. The molecule has 1 amide bonds. The molecule has 3 rings (SSSR count). The van der Waals surface area contributed by atoms with Crippen LogP contribution in [0, 0.1) is 18.3 Å². The normalized spacial score (nSPS) is 12.5. The van der Waals surface area contributed by atoms with E-state index in [9.17, 15) is 14.9 Å². The van der Waals surface area contributed by atoms with Crippen molar-refractivity contribution in [1.82, 2.24) is 4.98 Å². The van der Waals surface area contributed by atoms with E-state index in [4.69, 9.17) is 4.74 Å². The van der Waals surface area contributed by atoms with Crippen LogP contribution in [-0.4, -0.2) is 29.2 Å². The second-order valence-corrected chi connectivity index (χ2v) is 8.89. The van der Waals surface area contributed by atoms with Gasteiger partial charge in [0.15, 0.2) is 6.61 Å². The second-order valence-electron chi connectivity index (χ2n) is 5.73. The van der Waals surface area contributed by atoms with Crippen molar-refractivity contribution in [1.29, 1.82) is 5.26 Å². The van der Waals surface area contributed by atoms with Crippen molar-refractivity contribution in [2.24, 2.45) is 0 Å². The molecule has 0 saturated heterocycles. The molecule has 1 N–H and O–H groups in total. The van der Waals surface area contributed by atoms with Gasteiger partial charge in [-0.25, -0.2) is 4.98 Å². The number of aryl methyl sites for hydroxylation is 2. The first-order chi connectivity index (χ1) is 12.6. The molecule has 2 aromatic rings. The van der Waals surface area contributed by atoms with Crippen LogP contribution in [0.4, 0.5) is 5.00 Å². The Bertz CT molecular complexity index is 866. The van der Waals surface area contributed by atoms with Crippen molar-refractivity contribution in [2.75, 3.05) is 17.7 Å². The molecule has 9 heteroatoms. The van der Waals surface area contributed by atoms with Gasteiger partial charge in [0, 0.05) is 16.0 Å². The van der Waals surface area contributed by atoms with Crippen LogP contribution in [-0.2, 0) is 32.9 Å². The number of carbonyl (C=O) groups is 2. The van der Waals surface area contributed by atoms with Crippen LogP contribution >= 0.6 is 34.4 Å². The lowest BCUT2D eigenvalue weighted by Gasteiger charge is -2.06. The van der Waals surface area contributed by atoms with Gasteiger partial charge in [0.05, 0.1) is 22.0 Å². The fourth-order valence-corrected chi connectivity index (χ4v) is 5.36. The minimum Gasteiger partial charge on any atom is -0.455 e. The zero-order valence-corrected chi connectivity index (χ0v) is 16.6. The van der Waals surface area contributed by atoms with E-state index in [0.717, 1.165) is 35.5 Å². The lowest BCUT2D eigenvalue weighted by Crippen LogP contribution is -2.21. The molecule has 0 aliphatic heterocycles. The molecule has 0 spiro atoms. The fraction of sp³-hybridized carbons (Fsp3) is 0.412. The molecule has 1 aliphatic carbocycles. The van der Waals surface area contributed by atoms with Crippen LogP contribution in [0.5, 0.6) is 0 Å². The Morgan fingerprint density at radius 2 is 2.31 bits per heavy atom. The standard InChI is InChI=1S/C17H17N3O3S3/c1-10-19-11(8-25-10)7-24-9-16(22)23-6-15(21)20-17-13(5-18)12-3-2-4-14(12)26-17/h8H,2-4,6-7,9H2,1H3,(H,20,21). The quantitative estimate of drug-likeness (QED) is 0.708. The third-order valence-corrected chi connectivity index (χ3v) is 6.76. The lowest BCUT2D eigenvalue weighted by atomic mass is 10.1. The van der Waals surface area contributed by atoms with Crippen LogP contribution in [0.3, 0.4) is 0 Å². The number of nitrogens with zero attached hydrogens (tertiary/aromatic N) is 2. The molecule has 6 nitrogen and oxygen atoms in total. The third kappa shape index (κ3) is 4.63. The van der Waals surface area contributed by atoms with Gasteiger partial charge in [0.25, 0.3) is 5.91 Å². The number of hydrogen-bond donors (Lipinski definition) is 1. The highest BCUT2D eigenvalue weighted by Crippen LogP contribution is 2.38. The van der Waals surface area contributed by atoms with Crippen molar-refractivity contribution >= 4 is 51.3 Å². The zero-order valence-electron chi connectivity index (χ0n) is 14.2. The summed E-state index contributed by atoms with van der Waals surface area (Å²) >= 11 is 4.42. The van der Waals surface area contributed by atoms with Crippen LogP contribution < -0.4 is 5.32 Å². The maximum atomic E-state index is 12.0. The Balaban J connectivity index is 1.41. The first kappa shape index (κ1) is 18.9. The number of nitrogens with one attached hydrogen (secondary N) is 1. The minimum absolute atomic E-state index is 0.167. The highest BCUT2D eigenvalue weighted by molar-refractivity contribution is 7.99. The highest BCUT2D eigenvalue weighted by atomic mass is 32.2. The van der Waals surface area contributed by atoms with Gasteiger partial charge in [-0.05, 0) is 31.7 Å². The smallest absolute Gasteiger partial charge is 0.316 e. The average molecular weight is 408 g/mol.